The molecule has 0 aliphatic rings. The Morgan fingerprint density at radius 3 is 2.35 bits per heavy atom. The van der Waals surface area contributed by atoms with Crippen LogP contribution in [-0.2, 0) is 0 Å². The van der Waals surface area contributed by atoms with Crippen molar-refractivity contribution < 1.29 is 13.5 Å². The van der Waals surface area contributed by atoms with Gasteiger partial charge in [-0.3, -0.25) is 0 Å². The minimum atomic E-state index is -0.559. The lowest BCUT2D eigenvalue weighted by Crippen LogP contribution is -2.11. The Morgan fingerprint density at radius 1 is 1.10 bits per heavy atom. The molecule has 1 N–H and O–H groups in total. The third kappa shape index (κ3) is 2.90. The summed E-state index contributed by atoms with van der Waals surface area (Å²) in [6, 6.07) is 8.97. The number of ether oxygens (including phenoxy) is 1. The Bertz CT molecular complexity index is 593. The van der Waals surface area contributed by atoms with E-state index in [1.807, 2.05) is 25.1 Å². The van der Waals surface area contributed by atoms with E-state index in [-0.39, 0.29) is 5.56 Å². The van der Waals surface area contributed by atoms with Crippen molar-refractivity contribution >= 4 is 5.69 Å². The molecule has 0 heterocycles. The van der Waals surface area contributed by atoms with Crippen LogP contribution in [0.5, 0.6) is 5.75 Å². The van der Waals surface area contributed by atoms with Crippen LogP contribution < -0.4 is 10.1 Å². The second-order valence-corrected chi connectivity index (χ2v) is 4.71. The van der Waals surface area contributed by atoms with Gasteiger partial charge in [0.05, 0.1) is 18.8 Å². The summed E-state index contributed by atoms with van der Waals surface area (Å²) >= 11 is 0. The molecule has 0 spiro atoms. The Kier molecular flexibility index (Phi) is 4.23. The number of methoxy groups -OCH3 is 1. The molecule has 0 aromatic heterocycles. The van der Waals surface area contributed by atoms with Crippen LogP contribution in [0.25, 0.3) is 0 Å². The fourth-order valence-electron chi connectivity index (χ4n) is 2.15. The first-order valence-electron chi connectivity index (χ1n) is 6.38. The zero-order valence-corrected chi connectivity index (χ0v) is 11.7. The van der Waals surface area contributed by atoms with Gasteiger partial charge in [-0.25, -0.2) is 8.78 Å². The molecule has 0 radical (unpaired) electrons. The molecule has 0 saturated heterocycles. The fourth-order valence-corrected chi connectivity index (χ4v) is 2.15. The summed E-state index contributed by atoms with van der Waals surface area (Å²) in [6.45, 7) is 3.66. The van der Waals surface area contributed by atoms with Crippen LogP contribution in [0, 0.1) is 18.6 Å². The van der Waals surface area contributed by atoms with Crippen LogP contribution >= 0.6 is 0 Å². The molecule has 0 bridgehead atoms. The molecule has 2 aromatic carbocycles. The first-order valence-corrected chi connectivity index (χ1v) is 6.38. The van der Waals surface area contributed by atoms with Crippen molar-refractivity contribution in [2.45, 2.75) is 19.9 Å². The summed E-state index contributed by atoms with van der Waals surface area (Å²) in [4.78, 5) is 0. The number of aryl methyl sites for hydroxylation is 1. The lowest BCUT2D eigenvalue weighted by atomic mass is 10.1. The number of hydrogen-bond acceptors (Lipinski definition) is 2. The normalized spacial score (nSPS) is 12.1. The molecular weight excluding hydrogens is 260 g/mol. The van der Waals surface area contributed by atoms with E-state index in [9.17, 15) is 8.78 Å². The van der Waals surface area contributed by atoms with Gasteiger partial charge in [0.25, 0.3) is 0 Å². The molecular formula is C16H17F2NO. The van der Waals surface area contributed by atoms with Gasteiger partial charge >= 0.3 is 0 Å². The third-order valence-corrected chi connectivity index (χ3v) is 3.16. The first-order chi connectivity index (χ1) is 9.52. The first kappa shape index (κ1) is 14.3. The van der Waals surface area contributed by atoms with E-state index in [2.05, 4.69) is 5.32 Å². The number of nitrogens with one attached hydrogen (secondary N) is 1. The predicted molar refractivity (Wildman–Crippen MR) is 76.1 cm³/mol. The molecule has 1 atom stereocenters. The molecule has 0 fully saturated rings. The van der Waals surface area contributed by atoms with Gasteiger partial charge in [0.1, 0.15) is 17.4 Å². The average molecular weight is 277 g/mol. The molecule has 4 heteroatoms. The number of hydrogen-bond donors (Lipinski definition) is 1. The topological polar surface area (TPSA) is 21.3 Å². The SMILES string of the molecule is COc1cc(C)ccc1NC(C)c1c(F)cccc1F. The van der Waals surface area contributed by atoms with Crippen LogP contribution in [0.2, 0.25) is 0 Å². The molecule has 1 unspecified atom stereocenters. The van der Waals surface area contributed by atoms with E-state index in [0.717, 1.165) is 5.56 Å². The van der Waals surface area contributed by atoms with E-state index in [0.29, 0.717) is 11.4 Å². The van der Waals surface area contributed by atoms with Crippen LogP contribution in [0.3, 0.4) is 0 Å². The van der Waals surface area contributed by atoms with Crippen LogP contribution in [-0.4, -0.2) is 7.11 Å². The molecule has 106 valence electrons. The zero-order chi connectivity index (χ0) is 14.7. The largest absolute Gasteiger partial charge is 0.495 e. The lowest BCUT2D eigenvalue weighted by Gasteiger charge is -2.19. The maximum absolute atomic E-state index is 13.7. The molecule has 0 amide bonds. The van der Waals surface area contributed by atoms with Crippen molar-refractivity contribution in [3.05, 3.63) is 59.2 Å². The van der Waals surface area contributed by atoms with Crippen LogP contribution in [0.15, 0.2) is 36.4 Å². The molecule has 0 aliphatic carbocycles. The number of rotatable bonds is 4. The summed E-state index contributed by atoms with van der Waals surface area (Å²) in [5, 5.41) is 3.08. The Morgan fingerprint density at radius 2 is 1.75 bits per heavy atom. The maximum Gasteiger partial charge on any atom is 0.142 e. The standard InChI is InChI=1S/C16H17F2NO/c1-10-7-8-14(15(9-10)20-3)19-11(2)16-12(17)5-4-6-13(16)18/h4-9,11,19H,1-3H3. The minimum Gasteiger partial charge on any atom is -0.495 e. The molecule has 2 rings (SSSR count). The highest BCUT2D eigenvalue weighted by atomic mass is 19.1. The van der Waals surface area contributed by atoms with Crippen molar-refractivity contribution in [2.24, 2.45) is 0 Å². The molecule has 0 saturated carbocycles. The van der Waals surface area contributed by atoms with E-state index in [1.165, 1.54) is 18.2 Å². The van der Waals surface area contributed by atoms with Gasteiger partial charge in [-0.1, -0.05) is 12.1 Å². The quantitative estimate of drug-likeness (QED) is 0.891. The predicted octanol–water partition coefficient (Wildman–Crippen LogP) is 4.45. The van der Waals surface area contributed by atoms with Gasteiger partial charge in [-0.15, -0.1) is 0 Å². The summed E-state index contributed by atoms with van der Waals surface area (Å²) in [6.07, 6.45) is 0. The van der Waals surface area contributed by atoms with Crippen molar-refractivity contribution in [1.82, 2.24) is 0 Å². The van der Waals surface area contributed by atoms with Gasteiger partial charge in [0.2, 0.25) is 0 Å². The molecule has 0 aliphatic heterocycles. The number of anilines is 1. The highest BCUT2D eigenvalue weighted by Gasteiger charge is 2.17. The van der Waals surface area contributed by atoms with Crippen molar-refractivity contribution in [1.29, 1.82) is 0 Å². The smallest absolute Gasteiger partial charge is 0.142 e. The van der Waals surface area contributed by atoms with E-state index < -0.39 is 17.7 Å². The summed E-state index contributed by atoms with van der Waals surface area (Å²) in [5.41, 5.74) is 1.78. The highest BCUT2D eigenvalue weighted by molar-refractivity contribution is 5.58. The van der Waals surface area contributed by atoms with Gasteiger partial charge in [-0.05, 0) is 43.7 Å². The van der Waals surface area contributed by atoms with E-state index >= 15 is 0 Å². The second-order valence-electron chi connectivity index (χ2n) is 4.71. The summed E-state index contributed by atoms with van der Waals surface area (Å²) < 4.78 is 32.8. The second kappa shape index (κ2) is 5.90. The monoisotopic (exact) mass is 277 g/mol. The highest BCUT2D eigenvalue weighted by Crippen LogP contribution is 2.30. The summed E-state index contributed by atoms with van der Waals surface area (Å²) in [5.74, 6) is -0.472. The van der Waals surface area contributed by atoms with Crippen LogP contribution in [0.4, 0.5) is 14.5 Å². The third-order valence-electron chi connectivity index (χ3n) is 3.16. The number of benzene rings is 2. The van der Waals surface area contributed by atoms with Crippen molar-refractivity contribution in [3.8, 4) is 5.75 Å². The maximum atomic E-state index is 13.7. The van der Waals surface area contributed by atoms with E-state index in [1.54, 1.807) is 14.0 Å². The average Bonchev–Trinajstić information content (AvgIpc) is 2.40. The van der Waals surface area contributed by atoms with E-state index in [4.69, 9.17) is 4.74 Å². The molecule has 20 heavy (non-hydrogen) atoms. The van der Waals surface area contributed by atoms with Crippen molar-refractivity contribution in [2.75, 3.05) is 12.4 Å². The minimum absolute atomic E-state index is 0.0233. The van der Waals surface area contributed by atoms with Gasteiger partial charge in [0.15, 0.2) is 0 Å². The zero-order valence-electron chi connectivity index (χ0n) is 11.7. The van der Waals surface area contributed by atoms with Crippen molar-refractivity contribution in [3.63, 3.8) is 0 Å². The van der Waals surface area contributed by atoms with Crippen LogP contribution in [0.1, 0.15) is 24.1 Å². The Hall–Kier alpha value is -2.10. The molecule has 2 aromatic rings. The summed E-state index contributed by atoms with van der Waals surface area (Å²) in [7, 11) is 1.56. The molecule has 2 nitrogen and oxygen atoms in total. The Balaban J connectivity index is 2.30. The van der Waals surface area contributed by atoms with Gasteiger partial charge < -0.3 is 10.1 Å². The van der Waals surface area contributed by atoms with Gasteiger partial charge in [-0.2, -0.15) is 0 Å². The van der Waals surface area contributed by atoms with Gasteiger partial charge in [0, 0.05) is 5.56 Å². The number of halogens is 2. The Labute approximate surface area is 117 Å². The fraction of sp³-hybridized carbons (Fsp3) is 0.250. The lowest BCUT2D eigenvalue weighted by molar-refractivity contribution is 0.415.